The van der Waals surface area contributed by atoms with Gasteiger partial charge in [-0.25, -0.2) is 4.98 Å². The number of methoxy groups -OCH3 is 1. The number of pyridine rings is 1. The van der Waals surface area contributed by atoms with E-state index in [4.69, 9.17) is 21.9 Å². The lowest BCUT2D eigenvalue weighted by Crippen LogP contribution is -2.33. The highest BCUT2D eigenvalue weighted by molar-refractivity contribution is 8.26. The summed E-state index contributed by atoms with van der Waals surface area (Å²) >= 11 is 6.76. The Morgan fingerprint density at radius 1 is 1.11 bits per heavy atom. The van der Waals surface area contributed by atoms with Crippen LogP contribution in [0.5, 0.6) is 5.75 Å². The molecule has 0 bridgehead atoms. The van der Waals surface area contributed by atoms with Crippen LogP contribution in [0, 0.1) is 6.92 Å². The molecule has 1 amide bonds. The van der Waals surface area contributed by atoms with Gasteiger partial charge in [0.05, 0.1) is 24.1 Å². The first-order valence-corrected chi connectivity index (χ1v) is 12.8. The molecule has 2 aromatic heterocycles. The summed E-state index contributed by atoms with van der Waals surface area (Å²) in [5, 5.41) is 0. The third-order valence-corrected chi connectivity index (χ3v) is 7.75. The van der Waals surface area contributed by atoms with Crippen LogP contribution in [-0.4, -0.2) is 44.7 Å². The third kappa shape index (κ3) is 4.58. The summed E-state index contributed by atoms with van der Waals surface area (Å²) in [6, 6.07) is 11.3. The molecule has 2 fully saturated rings. The zero-order valence-electron chi connectivity index (χ0n) is 19.7. The Balaban J connectivity index is 1.54. The largest absolute Gasteiger partial charge is 0.497 e. The van der Waals surface area contributed by atoms with Crippen molar-refractivity contribution in [2.45, 2.75) is 32.7 Å². The number of thiocarbonyl (C=S) groups is 1. The van der Waals surface area contributed by atoms with Crippen molar-refractivity contribution in [2.75, 3.05) is 25.1 Å². The molecule has 3 aromatic rings. The monoisotopic (exact) mass is 506 g/mol. The topological polar surface area (TPSA) is 67.2 Å². The van der Waals surface area contributed by atoms with Gasteiger partial charge in [-0.3, -0.25) is 18.9 Å². The van der Waals surface area contributed by atoms with E-state index in [1.54, 1.807) is 28.7 Å². The van der Waals surface area contributed by atoms with Crippen LogP contribution in [0.4, 0.5) is 5.82 Å². The van der Waals surface area contributed by atoms with Crippen LogP contribution in [0.25, 0.3) is 11.7 Å². The number of amides is 1. The molecule has 7 nitrogen and oxygen atoms in total. The molecule has 4 heterocycles. The lowest BCUT2D eigenvalue weighted by molar-refractivity contribution is -0.122. The van der Waals surface area contributed by atoms with Crippen LogP contribution in [0.15, 0.2) is 52.3 Å². The second-order valence-electron chi connectivity index (χ2n) is 8.70. The molecular weight excluding hydrogens is 480 g/mol. The number of fused-ring (bicyclic) bond motifs is 1. The molecule has 0 atom stereocenters. The number of hydrogen-bond acceptors (Lipinski definition) is 7. The normalized spacial score (nSPS) is 17.6. The van der Waals surface area contributed by atoms with Crippen LogP contribution in [0.1, 0.15) is 36.0 Å². The summed E-state index contributed by atoms with van der Waals surface area (Å²) in [6.45, 7) is 3.99. The van der Waals surface area contributed by atoms with Gasteiger partial charge in [-0.15, -0.1) is 0 Å². The molecule has 9 heteroatoms. The Kier molecular flexibility index (Phi) is 6.62. The second-order valence-corrected chi connectivity index (χ2v) is 10.4. The average Bonchev–Trinajstić information content (AvgIpc) is 3.14. The number of aryl methyl sites for hydroxylation is 1. The SMILES string of the molecule is COc1ccc(CN2C(=O)/C(=C\c3c(N4CCCCC4)nc4c(C)cccn4c3=O)SC2=S)cc1. The van der Waals surface area contributed by atoms with Crippen LogP contribution >= 0.6 is 24.0 Å². The lowest BCUT2D eigenvalue weighted by Gasteiger charge is -2.29. The smallest absolute Gasteiger partial charge is 0.267 e. The summed E-state index contributed by atoms with van der Waals surface area (Å²) in [5.41, 5.74) is 2.77. The molecule has 2 saturated heterocycles. The predicted octanol–water partition coefficient (Wildman–Crippen LogP) is 4.40. The van der Waals surface area contributed by atoms with Gasteiger partial charge >= 0.3 is 0 Å². The first-order chi connectivity index (χ1) is 17.0. The number of ether oxygens (including phenoxy) is 1. The average molecular weight is 507 g/mol. The van der Waals surface area contributed by atoms with E-state index >= 15 is 0 Å². The number of rotatable bonds is 5. The fourth-order valence-corrected chi connectivity index (χ4v) is 5.69. The molecule has 0 radical (unpaired) electrons. The Labute approximate surface area is 213 Å². The standard InChI is InChI=1S/C26H26N4O3S2/c1-17-7-6-14-29-22(17)27-23(28-12-4-3-5-13-28)20(24(29)31)15-21-25(32)30(26(34)35-21)16-18-8-10-19(33-2)11-9-18/h6-11,14-15H,3-5,12-13,16H2,1-2H3/b21-15+. The Morgan fingerprint density at radius 3 is 2.57 bits per heavy atom. The quantitative estimate of drug-likeness (QED) is 0.375. The number of piperidine rings is 1. The highest BCUT2D eigenvalue weighted by Crippen LogP contribution is 2.35. The lowest BCUT2D eigenvalue weighted by atomic mass is 10.1. The summed E-state index contributed by atoms with van der Waals surface area (Å²) in [4.78, 5) is 36.1. The van der Waals surface area contributed by atoms with Gasteiger partial charge < -0.3 is 9.64 Å². The van der Waals surface area contributed by atoms with Crippen LogP contribution in [0.2, 0.25) is 0 Å². The maximum absolute atomic E-state index is 13.6. The Bertz CT molecular complexity index is 1390. The molecule has 2 aliphatic heterocycles. The molecule has 1 aromatic carbocycles. The molecule has 2 aliphatic rings. The molecule has 0 saturated carbocycles. The maximum Gasteiger partial charge on any atom is 0.267 e. The van der Waals surface area contributed by atoms with E-state index in [0.717, 1.165) is 42.8 Å². The Morgan fingerprint density at radius 2 is 1.86 bits per heavy atom. The van der Waals surface area contributed by atoms with Crippen LogP contribution < -0.4 is 15.2 Å². The number of anilines is 1. The van der Waals surface area contributed by atoms with Crippen LogP contribution in [0.3, 0.4) is 0 Å². The second kappa shape index (κ2) is 9.83. The maximum atomic E-state index is 13.6. The number of nitrogens with zero attached hydrogens (tertiary/aromatic N) is 4. The molecule has 0 aliphatic carbocycles. The predicted molar refractivity (Wildman–Crippen MR) is 144 cm³/mol. The van der Waals surface area contributed by atoms with Gasteiger partial charge in [-0.2, -0.15) is 0 Å². The van der Waals surface area contributed by atoms with E-state index in [1.807, 2.05) is 43.3 Å². The Hall–Kier alpha value is -3.17. The van der Waals surface area contributed by atoms with Crippen molar-refractivity contribution in [2.24, 2.45) is 0 Å². The number of carbonyl (C=O) groups excluding carboxylic acids is 1. The minimum atomic E-state index is -0.200. The van der Waals surface area contributed by atoms with E-state index in [1.165, 1.54) is 18.2 Å². The molecule has 5 rings (SSSR count). The van der Waals surface area contributed by atoms with E-state index in [0.29, 0.717) is 32.8 Å². The summed E-state index contributed by atoms with van der Waals surface area (Å²) in [6.07, 6.45) is 6.68. The number of benzene rings is 1. The highest BCUT2D eigenvalue weighted by atomic mass is 32.2. The van der Waals surface area contributed by atoms with Crippen molar-refractivity contribution >= 4 is 51.7 Å². The van der Waals surface area contributed by atoms with Crippen LogP contribution in [-0.2, 0) is 11.3 Å². The van der Waals surface area contributed by atoms with Crippen molar-refractivity contribution in [1.82, 2.24) is 14.3 Å². The minimum Gasteiger partial charge on any atom is -0.497 e. The molecular formula is C26H26N4O3S2. The summed E-state index contributed by atoms with van der Waals surface area (Å²) in [7, 11) is 1.62. The fraction of sp³-hybridized carbons (Fsp3) is 0.308. The molecule has 35 heavy (non-hydrogen) atoms. The minimum absolute atomic E-state index is 0.181. The van der Waals surface area contributed by atoms with Gasteiger partial charge in [0.25, 0.3) is 11.5 Å². The van der Waals surface area contributed by atoms with Gasteiger partial charge in [0.15, 0.2) is 0 Å². The number of hydrogen-bond donors (Lipinski definition) is 0. The van der Waals surface area contributed by atoms with Crippen molar-refractivity contribution < 1.29 is 9.53 Å². The van der Waals surface area contributed by atoms with Crippen molar-refractivity contribution in [3.8, 4) is 5.75 Å². The van der Waals surface area contributed by atoms with Gasteiger partial charge in [0.1, 0.15) is 21.5 Å². The van der Waals surface area contributed by atoms with Crippen molar-refractivity contribution in [3.05, 3.63) is 74.5 Å². The first kappa shape index (κ1) is 23.6. The van der Waals surface area contributed by atoms with E-state index in [2.05, 4.69) is 4.90 Å². The highest BCUT2D eigenvalue weighted by Gasteiger charge is 2.33. The van der Waals surface area contributed by atoms with Crippen molar-refractivity contribution in [1.29, 1.82) is 0 Å². The number of thioether (sulfide) groups is 1. The first-order valence-electron chi connectivity index (χ1n) is 11.6. The molecule has 0 unspecified atom stereocenters. The summed E-state index contributed by atoms with van der Waals surface area (Å²) < 4.78 is 7.25. The molecule has 0 N–H and O–H groups in total. The zero-order chi connectivity index (χ0) is 24.5. The summed E-state index contributed by atoms with van der Waals surface area (Å²) in [5.74, 6) is 1.20. The van der Waals surface area contributed by atoms with Crippen molar-refractivity contribution in [3.63, 3.8) is 0 Å². The van der Waals surface area contributed by atoms with E-state index < -0.39 is 0 Å². The van der Waals surface area contributed by atoms with Gasteiger partial charge in [0.2, 0.25) is 0 Å². The molecule has 0 spiro atoms. The van der Waals surface area contributed by atoms with Gasteiger partial charge in [0, 0.05) is 19.3 Å². The third-order valence-electron chi connectivity index (χ3n) is 6.37. The molecule has 180 valence electrons. The van der Waals surface area contributed by atoms with Gasteiger partial charge in [-0.05, 0) is 61.6 Å². The number of carbonyl (C=O) groups is 1. The van der Waals surface area contributed by atoms with E-state index in [-0.39, 0.29) is 11.5 Å². The fourth-order valence-electron chi connectivity index (χ4n) is 4.45. The van der Waals surface area contributed by atoms with E-state index in [9.17, 15) is 9.59 Å². The van der Waals surface area contributed by atoms with Gasteiger partial charge in [-0.1, -0.05) is 42.2 Å². The zero-order valence-corrected chi connectivity index (χ0v) is 21.3. The number of aromatic nitrogens is 2.